The summed E-state index contributed by atoms with van der Waals surface area (Å²) in [5.41, 5.74) is 4.74. The highest BCUT2D eigenvalue weighted by molar-refractivity contribution is 6.30. The molecule has 0 spiro atoms. The molecule has 0 unspecified atom stereocenters. The van der Waals surface area contributed by atoms with Crippen LogP contribution < -0.4 is 5.32 Å². The summed E-state index contributed by atoms with van der Waals surface area (Å²) in [4.78, 5) is 53.6. The third-order valence-electron chi connectivity index (χ3n) is 7.68. The number of imide groups is 1. The van der Waals surface area contributed by atoms with Gasteiger partial charge < -0.3 is 10.1 Å². The second-order valence-corrected chi connectivity index (χ2v) is 10.1. The molecule has 2 bridgehead atoms. The molecule has 1 aliphatic heterocycles. The van der Waals surface area contributed by atoms with Crippen LogP contribution in [0.2, 0.25) is 5.02 Å². The van der Waals surface area contributed by atoms with Gasteiger partial charge in [0, 0.05) is 22.5 Å². The summed E-state index contributed by atoms with van der Waals surface area (Å²) >= 11 is 5.85. The van der Waals surface area contributed by atoms with Crippen molar-refractivity contribution in [3.63, 3.8) is 0 Å². The minimum Gasteiger partial charge on any atom is -0.454 e. The van der Waals surface area contributed by atoms with Crippen LogP contribution in [0.15, 0.2) is 72.8 Å². The van der Waals surface area contributed by atoms with Gasteiger partial charge >= 0.3 is 5.97 Å². The molecule has 1 heterocycles. The minimum absolute atomic E-state index is 0.253. The van der Waals surface area contributed by atoms with Crippen LogP contribution in [0.25, 0.3) is 0 Å². The highest BCUT2D eigenvalue weighted by Gasteiger charge is 2.62. The maximum Gasteiger partial charge on any atom is 0.329 e. The van der Waals surface area contributed by atoms with Crippen LogP contribution in [0.1, 0.15) is 41.0 Å². The highest BCUT2D eigenvalue weighted by atomic mass is 35.5. The summed E-state index contributed by atoms with van der Waals surface area (Å²) in [6.45, 7) is 0.922. The van der Waals surface area contributed by atoms with Crippen LogP contribution in [0, 0.1) is 11.8 Å². The van der Waals surface area contributed by atoms with Crippen LogP contribution in [-0.2, 0) is 23.9 Å². The fourth-order valence-electron chi connectivity index (χ4n) is 6.18. The lowest BCUT2D eigenvalue weighted by Gasteiger charge is -2.45. The molecule has 3 amide bonds. The van der Waals surface area contributed by atoms with E-state index in [0.29, 0.717) is 10.7 Å². The zero-order chi connectivity index (χ0) is 25.8. The van der Waals surface area contributed by atoms with E-state index < -0.39 is 36.4 Å². The standard InChI is InChI=1S/C29H23ClN2O5/c1-15(29(36)37-14-22(33)31-17-12-10-16(30)11-13-17)32-27(34)25-23-18-6-2-3-7-19(18)24(26(25)28(32)35)21-9-5-4-8-20(21)23/h2-13,15,23-26H,14H2,1H3,(H,31,33)/t15-,23?,24?,25-,26+/m0/s1. The Morgan fingerprint density at radius 3 is 1.76 bits per heavy atom. The molecule has 1 saturated heterocycles. The van der Waals surface area contributed by atoms with Gasteiger partial charge in [-0.05, 0) is 53.4 Å². The number of rotatable bonds is 5. The number of halogens is 1. The minimum atomic E-state index is -1.15. The Balaban J connectivity index is 1.21. The van der Waals surface area contributed by atoms with Crippen molar-refractivity contribution in [2.75, 3.05) is 11.9 Å². The second-order valence-electron chi connectivity index (χ2n) is 9.65. The van der Waals surface area contributed by atoms with Crippen molar-refractivity contribution < 1.29 is 23.9 Å². The quantitative estimate of drug-likeness (QED) is 0.409. The molecule has 1 fully saturated rings. The summed E-state index contributed by atoms with van der Waals surface area (Å²) in [5.74, 6) is -3.76. The lowest BCUT2D eigenvalue weighted by Crippen LogP contribution is -2.45. The van der Waals surface area contributed by atoms with Gasteiger partial charge in [-0.1, -0.05) is 60.1 Å². The number of benzene rings is 3. The molecule has 4 aliphatic rings. The Bertz CT molecular complexity index is 1340. The Morgan fingerprint density at radius 1 is 0.838 bits per heavy atom. The van der Waals surface area contributed by atoms with Gasteiger partial charge in [0.05, 0.1) is 11.8 Å². The molecule has 0 saturated carbocycles. The zero-order valence-electron chi connectivity index (χ0n) is 19.9. The molecule has 3 aliphatic carbocycles. The second kappa shape index (κ2) is 8.85. The maximum absolute atomic E-state index is 13.7. The summed E-state index contributed by atoms with van der Waals surface area (Å²) in [6, 6.07) is 21.2. The molecule has 0 radical (unpaired) electrons. The van der Waals surface area contributed by atoms with E-state index >= 15 is 0 Å². The Hall–Kier alpha value is -3.97. The van der Waals surface area contributed by atoms with Gasteiger partial charge in [-0.25, -0.2) is 4.79 Å². The summed E-state index contributed by atoms with van der Waals surface area (Å²) < 4.78 is 5.19. The van der Waals surface area contributed by atoms with Crippen LogP contribution in [0.4, 0.5) is 5.69 Å². The first-order valence-corrected chi connectivity index (χ1v) is 12.5. The van der Waals surface area contributed by atoms with Gasteiger partial charge in [-0.15, -0.1) is 0 Å². The number of likely N-dealkylation sites (tertiary alicyclic amines) is 1. The van der Waals surface area contributed by atoms with Crippen molar-refractivity contribution in [1.29, 1.82) is 0 Å². The Labute approximate surface area is 218 Å². The lowest BCUT2D eigenvalue weighted by atomic mass is 9.55. The SMILES string of the molecule is C[C@@H](C(=O)OCC(=O)Nc1ccc(Cl)cc1)N1C(=O)[C@@H]2C3c4ccccc4C(c4ccccc43)[C@@H]2C1=O. The molecule has 3 aromatic rings. The van der Waals surface area contributed by atoms with Crippen molar-refractivity contribution >= 4 is 41.0 Å². The zero-order valence-corrected chi connectivity index (χ0v) is 20.6. The predicted molar refractivity (Wildman–Crippen MR) is 136 cm³/mol. The molecule has 3 aromatic carbocycles. The molecule has 0 aromatic heterocycles. The number of nitrogens with one attached hydrogen (secondary N) is 1. The van der Waals surface area contributed by atoms with E-state index in [9.17, 15) is 19.2 Å². The number of hydrogen-bond donors (Lipinski definition) is 1. The highest BCUT2D eigenvalue weighted by Crippen LogP contribution is 2.61. The number of hydrogen-bond acceptors (Lipinski definition) is 5. The molecular formula is C29H23ClN2O5. The third kappa shape index (κ3) is 3.64. The van der Waals surface area contributed by atoms with Crippen LogP contribution in [0.3, 0.4) is 0 Å². The van der Waals surface area contributed by atoms with E-state index in [0.717, 1.165) is 27.2 Å². The van der Waals surface area contributed by atoms with Crippen molar-refractivity contribution in [2.24, 2.45) is 11.8 Å². The number of esters is 1. The summed E-state index contributed by atoms with van der Waals surface area (Å²) in [7, 11) is 0. The van der Waals surface area contributed by atoms with Gasteiger partial charge in [0.1, 0.15) is 6.04 Å². The van der Waals surface area contributed by atoms with E-state index in [-0.39, 0.29) is 23.7 Å². The topological polar surface area (TPSA) is 92.8 Å². The monoisotopic (exact) mass is 514 g/mol. The molecule has 8 heteroatoms. The molecule has 3 atom stereocenters. The van der Waals surface area contributed by atoms with E-state index in [2.05, 4.69) is 5.32 Å². The smallest absolute Gasteiger partial charge is 0.329 e. The number of carbonyl (C=O) groups excluding carboxylic acids is 4. The molecule has 7 nitrogen and oxygen atoms in total. The maximum atomic E-state index is 13.7. The molecule has 186 valence electrons. The van der Waals surface area contributed by atoms with E-state index in [4.69, 9.17) is 16.3 Å². The molecule has 7 rings (SSSR count). The lowest BCUT2D eigenvalue weighted by molar-refractivity contribution is -0.159. The van der Waals surface area contributed by atoms with Gasteiger partial charge in [0.25, 0.3) is 5.91 Å². The van der Waals surface area contributed by atoms with Crippen molar-refractivity contribution in [3.8, 4) is 0 Å². The fraction of sp³-hybridized carbons (Fsp3) is 0.241. The van der Waals surface area contributed by atoms with Crippen LogP contribution >= 0.6 is 11.6 Å². The van der Waals surface area contributed by atoms with Crippen molar-refractivity contribution in [2.45, 2.75) is 24.8 Å². The number of nitrogens with zero attached hydrogens (tertiary/aromatic N) is 1. The largest absolute Gasteiger partial charge is 0.454 e. The normalized spacial score (nSPS) is 23.7. The van der Waals surface area contributed by atoms with Crippen LogP contribution in [0.5, 0.6) is 0 Å². The molecule has 1 N–H and O–H groups in total. The molecular weight excluding hydrogens is 492 g/mol. The average molecular weight is 515 g/mol. The number of anilines is 1. The van der Waals surface area contributed by atoms with E-state index in [1.807, 2.05) is 48.5 Å². The van der Waals surface area contributed by atoms with Crippen LogP contribution in [-0.4, -0.2) is 41.2 Å². The summed E-state index contributed by atoms with van der Waals surface area (Å²) in [5, 5.41) is 3.14. The molecule has 37 heavy (non-hydrogen) atoms. The van der Waals surface area contributed by atoms with Crippen molar-refractivity contribution in [3.05, 3.63) is 100 Å². The Morgan fingerprint density at radius 2 is 1.30 bits per heavy atom. The number of ether oxygens (including phenoxy) is 1. The van der Waals surface area contributed by atoms with Gasteiger partial charge in [0.2, 0.25) is 11.8 Å². The van der Waals surface area contributed by atoms with E-state index in [1.54, 1.807) is 24.3 Å². The van der Waals surface area contributed by atoms with Gasteiger partial charge in [0.15, 0.2) is 6.61 Å². The number of carbonyl (C=O) groups is 4. The first-order valence-electron chi connectivity index (χ1n) is 12.1. The van der Waals surface area contributed by atoms with Crippen molar-refractivity contribution in [1.82, 2.24) is 4.90 Å². The first-order chi connectivity index (χ1) is 17.9. The fourth-order valence-corrected chi connectivity index (χ4v) is 6.30. The Kier molecular flexibility index (Phi) is 5.60. The summed E-state index contributed by atoms with van der Waals surface area (Å²) in [6.07, 6.45) is 0. The predicted octanol–water partition coefficient (Wildman–Crippen LogP) is 4.10. The average Bonchev–Trinajstić information content (AvgIpc) is 3.18. The van der Waals surface area contributed by atoms with Gasteiger partial charge in [-0.2, -0.15) is 0 Å². The third-order valence-corrected chi connectivity index (χ3v) is 7.94. The van der Waals surface area contributed by atoms with E-state index in [1.165, 1.54) is 6.92 Å². The number of amides is 3. The van der Waals surface area contributed by atoms with Gasteiger partial charge in [-0.3, -0.25) is 19.3 Å². The first kappa shape index (κ1) is 23.4.